The van der Waals surface area contributed by atoms with E-state index in [-0.39, 0.29) is 0 Å². The van der Waals surface area contributed by atoms with Gasteiger partial charge in [0.05, 0.1) is 27.8 Å². The summed E-state index contributed by atoms with van der Waals surface area (Å²) in [5, 5.41) is 8.60. The molecule has 16 aromatic rings. The summed E-state index contributed by atoms with van der Waals surface area (Å²) in [6, 6.07) is 82.2. The van der Waals surface area contributed by atoms with Crippen molar-refractivity contribution in [2.45, 2.75) is 0 Å². The Bertz CT molecular complexity index is 4920. The van der Waals surface area contributed by atoms with Gasteiger partial charge >= 0.3 is 0 Å². The molecule has 0 atom stereocenters. The third-order valence-electron chi connectivity index (χ3n) is 15.0. The minimum atomic E-state index is 0.479. The molecule has 16 rings (SSSR count). The van der Waals surface area contributed by atoms with Gasteiger partial charge in [-0.2, -0.15) is 0 Å². The number of para-hydroxylation sites is 6. The van der Waals surface area contributed by atoms with E-state index in [1.165, 1.54) is 5.39 Å². The second-order valence-electron chi connectivity index (χ2n) is 19.3. The molecule has 0 radical (unpaired) electrons. The minimum absolute atomic E-state index is 0.479. The molecule has 8 heteroatoms. The SMILES string of the molecule is c1ccc(-c2nc(-c3ccccc3)nc(-c3cc(-c4cccc5c4oc4cc6c7ccccc7n(-c7ccccc7)c6cc45)cnc3-c3cccc4c3oc3cc5c6ccccc6n(-c6ccccc6)c5cc34)n2)cc1. The van der Waals surface area contributed by atoms with Crippen molar-refractivity contribution in [3.05, 3.63) is 243 Å². The highest BCUT2D eigenvalue weighted by Gasteiger charge is 2.25. The molecule has 0 bridgehead atoms. The van der Waals surface area contributed by atoms with Gasteiger partial charge in [0.2, 0.25) is 0 Å². The average Bonchev–Trinajstić information content (AvgIpc) is 4.32. The van der Waals surface area contributed by atoms with Crippen LogP contribution in [-0.2, 0) is 0 Å². The van der Waals surface area contributed by atoms with Crippen LogP contribution in [0.2, 0.25) is 0 Å². The van der Waals surface area contributed by atoms with E-state index in [1.807, 2.05) is 66.9 Å². The molecule has 0 aliphatic carbocycles. The summed E-state index contributed by atoms with van der Waals surface area (Å²) in [6.07, 6.45) is 1.94. The monoisotopic (exact) mass is 972 g/mol. The molecule has 8 nitrogen and oxygen atoms in total. The Morgan fingerprint density at radius 2 is 0.724 bits per heavy atom. The molecule has 0 N–H and O–H groups in total. The van der Waals surface area contributed by atoms with Crippen molar-refractivity contribution in [1.29, 1.82) is 0 Å². The largest absolute Gasteiger partial charge is 0.455 e. The van der Waals surface area contributed by atoms with Crippen LogP contribution in [-0.4, -0.2) is 29.1 Å². The van der Waals surface area contributed by atoms with Crippen molar-refractivity contribution < 1.29 is 8.83 Å². The smallest absolute Gasteiger partial charge is 0.166 e. The number of hydrogen-bond acceptors (Lipinski definition) is 6. The van der Waals surface area contributed by atoms with Gasteiger partial charge in [-0.15, -0.1) is 0 Å². The van der Waals surface area contributed by atoms with E-state index in [9.17, 15) is 0 Å². The lowest BCUT2D eigenvalue weighted by Gasteiger charge is -2.13. The topological polar surface area (TPSA) is 87.7 Å². The van der Waals surface area contributed by atoms with Crippen LogP contribution in [0.5, 0.6) is 0 Å². The van der Waals surface area contributed by atoms with Crippen LogP contribution in [0.15, 0.2) is 252 Å². The van der Waals surface area contributed by atoms with Gasteiger partial charge in [-0.1, -0.05) is 164 Å². The maximum absolute atomic E-state index is 7.06. The molecule has 0 amide bonds. The summed E-state index contributed by atoms with van der Waals surface area (Å²) in [5.74, 6) is 1.59. The number of benzene rings is 10. The second kappa shape index (κ2) is 16.5. The number of aromatic nitrogens is 6. The Morgan fingerprint density at radius 3 is 1.25 bits per heavy atom. The summed E-state index contributed by atoms with van der Waals surface area (Å²) in [6.45, 7) is 0. The van der Waals surface area contributed by atoms with Gasteiger partial charge < -0.3 is 18.0 Å². The third kappa shape index (κ3) is 6.44. The molecule has 0 fully saturated rings. The standard InChI is InChI=1S/C68H40N6O2/c1-5-19-41(20-6-1)66-70-67(42-21-7-2-8-22-42)72-68(71-66)56-35-43(46-29-17-30-49-54-36-59-52(38-61(54)75-64(46)49)47-27-13-15-33-57(47)73(59)44-23-9-3-10-24-44)40-69-63(56)51-32-18-31-50-55-37-60-53(39-62(55)76-65(50)51)48-28-14-16-34-58(48)74(60)45-25-11-4-12-26-45/h1-40H. The van der Waals surface area contributed by atoms with Gasteiger partial charge in [0, 0.05) is 94.0 Å². The van der Waals surface area contributed by atoms with Crippen molar-refractivity contribution in [3.8, 4) is 67.9 Å². The first-order chi connectivity index (χ1) is 37.7. The van der Waals surface area contributed by atoms with Crippen LogP contribution < -0.4 is 0 Å². The molecule has 0 aliphatic rings. The van der Waals surface area contributed by atoms with Gasteiger partial charge in [-0.25, -0.2) is 15.0 Å². The Labute approximate surface area is 434 Å². The van der Waals surface area contributed by atoms with Crippen molar-refractivity contribution in [2.75, 3.05) is 0 Å². The average molecular weight is 973 g/mol. The molecular weight excluding hydrogens is 933 g/mol. The van der Waals surface area contributed by atoms with Gasteiger partial charge in [-0.05, 0) is 72.8 Å². The van der Waals surface area contributed by atoms with Crippen molar-refractivity contribution in [2.24, 2.45) is 0 Å². The third-order valence-corrected chi connectivity index (χ3v) is 15.0. The van der Waals surface area contributed by atoms with E-state index in [2.05, 4.69) is 185 Å². The van der Waals surface area contributed by atoms with Gasteiger partial charge in [0.25, 0.3) is 0 Å². The van der Waals surface area contributed by atoms with Crippen molar-refractivity contribution in [3.63, 3.8) is 0 Å². The predicted molar refractivity (Wildman–Crippen MR) is 308 cm³/mol. The fourth-order valence-corrected chi connectivity index (χ4v) is 11.6. The predicted octanol–water partition coefficient (Wildman–Crippen LogP) is 17.6. The molecule has 0 aliphatic heterocycles. The van der Waals surface area contributed by atoms with Crippen LogP contribution in [0.4, 0.5) is 0 Å². The van der Waals surface area contributed by atoms with Crippen molar-refractivity contribution >= 4 is 87.5 Å². The molecule has 0 saturated carbocycles. The highest BCUT2D eigenvalue weighted by Crippen LogP contribution is 2.45. The molecule has 0 spiro atoms. The number of fused-ring (bicyclic) bond motifs is 12. The Hall–Kier alpha value is -10.4. The molecule has 0 saturated heterocycles. The summed E-state index contributed by atoms with van der Waals surface area (Å²) in [7, 11) is 0. The fraction of sp³-hybridized carbons (Fsp3) is 0. The lowest BCUT2D eigenvalue weighted by Crippen LogP contribution is -2.02. The Balaban J connectivity index is 0.936. The van der Waals surface area contributed by atoms with E-state index in [0.29, 0.717) is 23.2 Å². The van der Waals surface area contributed by atoms with Gasteiger partial charge in [-0.3, -0.25) is 4.98 Å². The van der Waals surface area contributed by atoms with Crippen LogP contribution in [0.1, 0.15) is 0 Å². The Morgan fingerprint density at radius 1 is 0.289 bits per heavy atom. The first kappa shape index (κ1) is 42.1. The first-order valence-electron chi connectivity index (χ1n) is 25.4. The van der Waals surface area contributed by atoms with E-state index >= 15 is 0 Å². The maximum atomic E-state index is 7.06. The zero-order chi connectivity index (χ0) is 49.8. The van der Waals surface area contributed by atoms with Crippen LogP contribution >= 0.6 is 0 Å². The first-order valence-corrected chi connectivity index (χ1v) is 25.4. The number of nitrogens with zero attached hydrogens (tertiary/aromatic N) is 6. The number of rotatable bonds is 7. The molecule has 354 valence electrons. The molecule has 6 heterocycles. The lowest BCUT2D eigenvalue weighted by atomic mass is 9.97. The molecule has 6 aromatic heterocycles. The second-order valence-corrected chi connectivity index (χ2v) is 19.3. The van der Waals surface area contributed by atoms with Gasteiger partial charge in [0.15, 0.2) is 17.5 Å². The van der Waals surface area contributed by atoms with Crippen molar-refractivity contribution in [1.82, 2.24) is 29.1 Å². The Kier molecular flexibility index (Phi) is 9.17. The number of hydrogen-bond donors (Lipinski definition) is 0. The van der Waals surface area contributed by atoms with E-state index < -0.39 is 0 Å². The highest BCUT2D eigenvalue weighted by molar-refractivity contribution is 6.20. The summed E-state index contributed by atoms with van der Waals surface area (Å²) >= 11 is 0. The fourth-order valence-electron chi connectivity index (χ4n) is 11.6. The maximum Gasteiger partial charge on any atom is 0.166 e. The van der Waals surface area contributed by atoms with Gasteiger partial charge in [0.1, 0.15) is 22.3 Å². The minimum Gasteiger partial charge on any atom is -0.455 e. The quantitative estimate of drug-likeness (QED) is 0.158. The molecule has 76 heavy (non-hydrogen) atoms. The molecule has 0 unspecified atom stereocenters. The van der Waals surface area contributed by atoms with Crippen LogP contribution in [0.25, 0.3) is 155 Å². The van der Waals surface area contributed by atoms with E-state index in [0.717, 1.165) is 127 Å². The number of pyridine rings is 1. The zero-order valence-electron chi connectivity index (χ0n) is 40.6. The summed E-state index contributed by atoms with van der Waals surface area (Å²) in [5.41, 5.74) is 15.5. The highest BCUT2D eigenvalue weighted by atomic mass is 16.3. The van der Waals surface area contributed by atoms with E-state index in [1.54, 1.807) is 0 Å². The van der Waals surface area contributed by atoms with Crippen LogP contribution in [0, 0.1) is 0 Å². The zero-order valence-corrected chi connectivity index (χ0v) is 40.6. The molecule has 10 aromatic carbocycles. The van der Waals surface area contributed by atoms with E-state index in [4.69, 9.17) is 28.8 Å². The lowest BCUT2D eigenvalue weighted by molar-refractivity contribution is 0.670. The number of furan rings is 2. The molecular formula is C68H40N6O2. The summed E-state index contributed by atoms with van der Waals surface area (Å²) in [4.78, 5) is 21.1. The normalized spacial score (nSPS) is 11.9. The summed E-state index contributed by atoms with van der Waals surface area (Å²) < 4.78 is 18.8. The van der Waals surface area contributed by atoms with Crippen LogP contribution in [0.3, 0.4) is 0 Å².